The third-order valence-corrected chi connectivity index (χ3v) is 1.42. The molecule has 13 heteroatoms. The van der Waals surface area contributed by atoms with E-state index in [1.165, 1.54) is 7.05 Å². The molecule has 0 amide bonds. The van der Waals surface area contributed by atoms with Crippen LogP contribution in [0, 0.1) is 30.3 Å². The Bertz CT molecular complexity index is 260. The first-order chi connectivity index (χ1) is 7.75. The predicted octanol–water partition coefficient (Wildman–Crippen LogP) is -1.07. The van der Waals surface area contributed by atoms with Crippen molar-refractivity contribution in [1.29, 1.82) is 0 Å². The molecular weight excluding hydrogens is 248 g/mol. The molecule has 0 aliphatic heterocycles. The summed E-state index contributed by atoms with van der Waals surface area (Å²) in [6.45, 7) is -2.10. The maximum absolute atomic E-state index is 9.95. The Balaban J connectivity index is 4.37. The summed E-state index contributed by atoms with van der Waals surface area (Å²) in [6, 6.07) is 0. The van der Waals surface area contributed by atoms with Gasteiger partial charge in [0.1, 0.15) is 0 Å². The standard InChI is InChI=1S/C4H9N4O9/c1-8(2-15-5(9)10,3-16-6(11)12)4-17-7(13)14/h2-4H2,1H3/q+1. The van der Waals surface area contributed by atoms with Gasteiger partial charge >= 0.3 is 0 Å². The maximum atomic E-state index is 9.95. The molecule has 17 heavy (non-hydrogen) atoms. The van der Waals surface area contributed by atoms with Crippen LogP contribution in [0.3, 0.4) is 0 Å². The molecule has 0 aromatic heterocycles. The minimum atomic E-state index is -1.14. The van der Waals surface area contributed by atoms with Crippen molar-refractivity contribution in [2.45, 2.75) is 0 Å². The molecule has 0 aromatic carbocycles. The van der Waals surface area contributed by atoms with E-state index in [9.17, 15) is 30.3 Å². The monoisotopic (exact) mass is 257 g/mol. The molecule has 0 saturated carbocycles. The van der Waals surface area contributed by atoms with Crippen molar-refractivity contribution in [2.24, 2.45) is 0 Å². The van der Waals surface area contributed by atoms with Gasteiger partial charge in [-0.2, -0.15) is 0 Å². The Hall–Kier alpha value is -2.44. The lowest BCUT2D eigenvalue weighted by Gasteiger charge is -2.29. The van der Waals surface area contributed by atoms with Crippen LogP contribution < -0.4 is 0 Å². The van der Waals surface area contributed by atoms with Gasteiger partial charge in [-0.1, -0.05) is 0 Å². The second-order valence-electron chi connectivity index (χ2n) is 3.06. The number of hydrogen-bond acceptors (Lipinski definition) is 9. The van der Waals surface area contributed by atoms with E-state index in [4.69, 9.17) is 0 Å². The van der Waals surface area contributed by atoms with E-state index in [-0.39, 0.29) is 0 Å². The fraction of sp³-hybridized carbons (Fsp3) is 1.00. The van der Waals surface area contributed by atoms with Crippen LogP contribution in [-0.2, 0) is 14.5 Å². The smallest absolute Gasteiger partial charge is 0.262 e. The van der Waals surface area contributed by atoms with Crippen LogP contribution in [0.15, 0.2) is 0 Å². The zero-order valence-corrected chi connectivity index (χ0v) is 8.58. The SMILES string of the molecule is C[N+](CO[N+](=O)[O-])(CO[N+](=O)[O-])CO[N+](=O)[O-]. The largest absolute Gasteiger partial charge is 0.300 e. The van der Waals surface area contributed by atoms with Crippen molar-refractivity contribution in [3.05, 3.63) is 30.3 Å². The highest BCUT2D eigenvalue weighted by molar-refractivity contribution is 4.12. The van der Waals surface area contributed by atoms with Crippen LogP contribution in [-0.4, -0.2) is 47.0 Å². The molecule has 98 valence electrons. The first kappa shape index (κ1) is 14.6. The fourth-order valence-electron chi connectivity index (χ4n) is 0.671. The van der Waals surface area contributed by atoms with Gasteiger partial charge in [0.25, 0.3) is 15.3 Å². The Labute approximate surface area is 93.0 Å². The molecule has 0 bridgehead atoms. The highest BCUT2D eigenvalue weighted by Crippen LogP contribution is 2.04. The van der Waals surface area contributed by atoms with Crippen molar-refractivity contribution in [3.63, 3.8) is 0 Å². The molecule has 0 fully saturated rings. The molecule has 0 unspecified atom stereocenters. The van der Waals surface area contributed by atoms with E-state index in [2.05, 4.69) is 14.5 Å². The van der Waals surface area contributed by atoms with Crippen LogP contribution in [0.1, 0.15) is 0 Å². The van der Waals surface area contributed by atoms with E-state index in [0.717, 1.165) is 0 Å². The quantitative estimate of drug-likeness (QED) is 0.217. The number of hydrogen-bond donors (Lipinski definition) is 0. The number of rotatable bonds is 9. The zero-order valence-electron chi connectivity index (χ0n) is 8.58. The van der Waals surface area contributed by atoms with E-state index >= 15 is 0 Å². The summed E-state index contributed by atoms with van der Waals surface area (Å²) in [5, 5.41) is 26.4. The lowest BCUT2D eigenvalue weighted by Crippen LogP contribution is -2.50. The first-order valence-corrected chi connectivity index (χ1v) is 3.91. The highest BCUT2D eigenvalue weighted by atomic mass is 17.0. The van der Waals surface area contributed by atoms with Crippen LogP contribution in [0.25, 0.3) is 0 Å². The molecule has 0 aromatic rings. The summed E-state index contributed by atoms with van der Waals surface area (Å²) in [5.74, 6) is 0. The van der Waals surface area contributed by atoms with Crippen molar-refractivity contribution in [1.82, 2.24) is 0 Å². The van der Waals surface area contributed by atoms with Crippen LogP contribution in [0.5, 0.6) is 0 Å². The van der Waals surface area contributed by atoms with Gasteiger partial charge in [-0.05, 0) is 0 Å². The Morgan fingerprint density at radius 2 is 1.06 bits per heavy atom. The molecule has 0 aliphatic carbocycles. The molecule has 0 radical (unpaired) electrons. The van der Waals surface area contributed by atoms with E-state index in [1.54, 1.807) is 0 Å². The number of nitrogens with zero attached hydrogens (tertiary/aromatic N) is 4. The maximum Gasteiger partial charge on any atom is 0.300 e. The molecular formula is C4H9N4O9+. The Morgan fingerprint density at radius 1 is 0.824 bits per heavy atom. The minimum absolute atomic E-state index is 0.700. The van der Waals surface area contributed by atoms with Gasteiger partial charge in [0.05, 0.1) is 7.05 Å². The van der Waals surface area contributed by atoms with Gasteiger partial charge in [0.2, 0.25) is 20.2 Å². The van der Waals surface area contributed by atoms with Crippen molar-refractivity contribution in [3.8, 4) is 0 Å². The van der Waals surface area contributed by atoms with Gasteiger partial charge < -0.3 is 0 Å². The normalized spacial score (nSPS) is 10.4. The van der Waals surface area contributed by atoms with Crippen LogP contribution >= 0.6 is 0 Å². The summed E-state index contributed by atoms with van der Waals surface area (Å²) in [4.78, 5) is 41.7. The molecule has 0 saturated heterocycles. The van der Waals surface area contributed by atoms with Crippen LogP contribution in [0.2, 0.25) is 0 Å². The summed E-state index contributed by atoms with van der Waals surface area (Å²) >= 11 is 0. The molecule has 0 aliphatic rings. The highest BCUT2D eigenvalue weighted by Gasteiger charge is 2.26. The molecule has 0 N–H and O–H groups in total. The lowest BCUT2D eigenvalue weighted by atomic mass is 10.7. The van der Waals surface area contributed by atoms with Crippen molar-refractivity contribution in [2.75, 3.05) is 27.2 Å². The van der Waals surface area contributed by atoms with Gasteiger partial charge in [-0.15, -0.1) is 30.3 Å². The van der Waals surface area contributed by atoms with Gasteiger partial charge in [-0.3, -0.25) is 19.0 Å². The van der Waals surface area contributed by atoms with Crippen molar-refractivity contribution >= 4 is 0 Å². The fourth-order valence-corrected chi connectivity index (χ4v) is 0.671. The third-order valence-electron chi connectivity index (χ3n) is 1.42. The molecule has 0 rings (SSSR count). The molecule has 0 atom stereocenters. The average Bonchev–Trinajstić information content (AvgIpc) is 2.21. The topological polar surface area (TPSA) is 157 Å². The Kier molecular flexibility index (Phi) is 5.32. The predicted molar refractivity (Wildman–Crippen MR) is 45.0 cm³/mol. The Morgan fingerprint density at radius 3 is 1.24 bits per heavy atom. The van der Waals surface area contributed by atoms with Gasteiger partial charge in [-0.25, -0.2) is 0 Å². The number of quaternary nitrogens is 1. The summed E-state index contributed by atoms with van der Waals surface area (Å²) in [5.41, 5.74) is 0. The first-order valence-electron chi connectivity index (χ1n) is 3.91. The molecule has 13 nitrogen and oxygen atoms in total. The summed E-state index contributed by atoms with van der Waals surface area (Å²) < 4.78 is -0.705. The van der Waals surface area contributed by atoms with Gasteiger partial charge in [0, 0.05) is 0 Å². The summed E-state index contributed by atoms with van der Waals surface area (Å²) in [6.07, 6.45) is 0. The third kappa shape index (κ3) is 7.48. The summed E-state index contributed by atoms with van der Waals surface area (Å²) in [7, 11) is 1.18. The van der Waals surface area contributed by atoms with E-state index in [0.29, 0.717) is 0 Å². The average molecular weight is 257 g/mol. The second kappa shape index (κ2) is 6.21. The van der Waals surface area contributed by atoms with Crippen molar-refractivity contribution < 1.29 is 34.3 Å². The molecule has 0 spiro atoms. The van der Waals surface area contributed by atoms with Crippen LogP contribution in [0.4, 0.5) is 0 Å². The van der Waals surface area contributed by atoms with E-state index < -0.39 is 39.9 Å². The molecule has 0 heterocycles. The minimum Gasteiger partial charge on any atom is -0.262 e. The second-order valence-corrected chi connectivity index (χ2v) is 3.06. The zero-order chi connectivity index (χ0) is 13.5. The van der Waals surface area contributed by atoms with Gasteiger partial charge in [0.15, 0.2) is 0 Å². The lowest BCUT2D eigenvalue weighted by molar-refractivity contribution is -1.04. The van der Waals surface area contributed by atoms with E-state index in [1.807, 2.05) is 0 Å².